The van der Waals surface area contributed by atoms with E-state index in [1.807, 2.05) is 60.7 Å². The number of pyridine rings is 1. The summed E-state index contributed by atoms with van der Waals surface area (Å²) in [7, 11) is 1.76. The Hall–Kier alpha value is -3.06. The number of carbonyl (C=O) groups is 1. The largest absolute Gasteiger partial charge is 0.387 e. The quantitative estimate of drug-likeness (QED) is 0.415. The van der Waals surface area contributed by atoms with Crippen LogP contribution in [0, 0.1) is 0 Å². The number of benzene rings is 2. The highest BCUT2D eigenvalue weighted by Gasteiger charge is 2.18. The summed E-state index contributed by atoms with van der Waals surface area (Å²) in [6, 6.07) is 19.1. The molecule has 2 aromatic carbocycles. The Balaban J connectivity index is 1.48. The molecule has 0 fully saturated rings. The molecule has 0 unspecified atom stereocenters. The van der Waals surface area contributed by atoms with Gasteiger partial charge < -0.3 is 20.4 Å². The fourth-order valence-electron chi connectivity index (χ4n) is 3.55. The van der Waals surface area contributed by atoms with Crippen molar-refractivity contribution in [2.45, 2.75) is 38.5 Å². The Labute approximate surface area is 195 Å². The van der Waals surface area contributed by atoms with Gasteiger partial charge in [-0.1, -0.05) is 42.5 Å². The third-order valence-corrected chi connectivity index (χ3v) is 5.58. The van der Waals surface area contributed by atoms with Crippen LogP contribution < -0.4 is 5.32 Å². The molecule has 3 N–H and O–H groups in total. The van der Waals surface area contributed by atoms with Gasteiger partial charge in [0.1, 0.15) is 0 Å². The second kappa shape index (κ2) is 11.2. The summed E-state index contributed by atoms with van der Waals surface area (Å²) in [4.78, 5) is 18.7. The van der Waals surface area contributed by atoms with Crippen LogP contribution in [0.3, 0.4) is 0 Å². The lowest BCUT2D eigenvalue weighted by molar-refractivity contribution is 0.0775. The van der Waals surface area contributed by atoms with Crippen LogP contribution in [0.25, 0.3) is 0 Å². The minimum atomic E-state index is -0.976. The summed E-state index contributed by atoms with van der Waals surface area (Å²) in [5, 5.41) is 23.7. The lowest BCUT2D eigenvalue weighted by atomic mass is 9.99. The van der Waals surface area contributed by atoms with Crippen molar-refractivity contribution in [3.8, 4) is 0 Å². The Morgan fingerprint density at radius 1 is 1.06 bits per heavy atom. The van der Waals surface area contributed by atoms with Crippen molar-refractivity contribution in [3.05, 3.63) is 101 Å². The minimum Gasteiger partial charge on any atom is -0.387 e. The van der Waals surface area contributed by atoms with Crippen LogP contribution in [0.15, 0.2) is 73.1 Å². The lowest BCUT2D eigenvalue weighted by Gasteiger charge is -2.21. The maximum absolute atomic E-state index is 12.8. The average molecular weight is 448 g/mol. The zero-order chi connectivity index (χ0) is 23.8. The first-order valence-electron chi connectivity index (χ1n) is 11.2. The van der Waals surface area contributed by atoms with Gasteiger partial charge in [-0.3, -0.25) is 9.78 Å². The number of aliphatic hydroxyl groups is 2. The summed E-state index contributed by atoms with van der Waals surface area (Å²) < 4.78 is 0. The Morgan fingerprint density at radius 3 is 2.42 bits per heavy atom. The van der Waals surface area contributed by atoms with E-state index >= 15 is 0 Å². The Kier molecular flexibility index (Phi) is 8.33. The normalized spacial score (nSPS) is 12.4. The summed E-state index contributed by atoms with van der Waals surface area (Å²) in [5.74, 6) is -0.0701. The fraction of sp³-hybridized carbons (Fsp3) is 0.333. The zero-order valence-electron chi connectivity index (χ0n) is 19.5. The molecule has 1 atom stereocenters. The first kappa shape index (κ1) is 24.6. The number of aliphatic hydroxyl groups excluding tert-OH is 1. The minimum absolute atomic E-state index is 0.0701. The van der Waals surface area contributed by atoms with Gasteiger partial charge in [0.05, 0.1) is 11.7 Å². The highest BCUT2D eigenvalue weighted by atomic mass is 16.3. The van der Waals surface area contributed by atoms with E-state index in [0.717, 1.165) is 35.2 Å². The van der Waals surface area contributed by atoms with Crippen LogP contribution in [-0.4, -0.2) is 46.1 Å². The summed E-state index contributed by atoms with van der Waals surface area (Å²) in [5.41, 5.74) is 3.26. The number of carbonyl (C=O) groups excluding carboxylic acids is 1. The standard InChI is InChI=1S/C27H33N3O3/c1-27(2,33)24-15-21(16-29-17-24)19-30(3)26(32)23-11-9-20(10-12-23)13-14-28-18-25(31)22-7-5-4-6-8-22/h4-12,15-17,25,28,31,33H,13-14,18-19H2,1-3H3/t25-/m0/s1. The molecule has 0 aliphatic carbocycles. The van der Waals surface area contributed by atoms with E-state index in [9.17, 15) is 15.0 Å². The molecule has 0 spiro atoms. The molecule has 174 valence electrons. The van der Waals surface area contributed by atoms with Crippen LogP contribution in [0.1, 0.15) is 52.6 Å². The topological polar surface area (TPSA) is 85.7 Å². The molecular formula is C27H33N3O3. The highest BCUT2D eigenvalue weighted by Crippen LogP contribution is 2.20. The van der Waals surface area contributed by atoms with Gasteiger partial charge in [0.15, 0.2) is 0 Å². The maximum atomic E-state index is 12.8. The molecule has 0 bridgehead atoms. The van der Waals surface area contributed by atoms with E-state index in [-0.39, 0.29) is 5.91 Å². The number of amides is 1. The lowest BCUT2D eigenvalue weighted by Crippen LogP contribution is -2.26. The smallest absolute Gasteiger partial charge is 0.253 e. The van der Waals surface area contributed by atoms with Gasteiger partial charge in [-0.25, -0.2) is 0 Å². The molecule has 3 rings (SSSR count). The maximum Gasteiger partial charge on any atom is 0.253 e. The highest BCUT2D eigenvalue weighted by molar-refractivity contribution is 5.94. The van der Waals surface area contributed by atoms with Crippen LogP contribution in [-0.2, 0) is 18.6 Å². The van der Waals surface area contributed by atoms with E-state index in [2.05, 4.69) is 10.3 Å². The third-order valence-electron chi connectivity index (χ3n) is 5.58. The molecule has 0 saturated heterocycles. The van der Waals surface area contributed by atoms with Crippen molar-refractivity contribution in [2.75, 3.05) is 20.1 Å². The summed E-state index contributed by atoms with van der Waals surface area (Å²) in [6.07, 6.45) is 3.63. The van der Waals surface area contributed by atoms with E-state index in [4.69, 9.17) is 0 Å². The van der Waals surface area contributed by atoms with Crippen LogP contribution in [0.5, 0.6) is 0 Å². The predicted octanol–water partition coefficient (Wildman–Crippen LogP) is 3.45. The SMILES string of the molecule is CN(Cc1cncc(C(C)(C)O)c1)C(=O)c1ccc(CCNC[C@H](O)c2ccccc2)cc1. The van der Waals surface area contributed by atoms with Crippen molar-refractivity contribution in [2.24, 2.45) is 0 Å². The number of aromatic nitrogens is 1. The zero-order valence-corrected chi connectivity index (χ0v) is 19.5. The molecule has 1 aromatic heterocycles. The second-order valence-electron chi connectivity index (χ2n) is 8.88. The first-order valence-corrected chi connectivity index (χ1v) is 11.2. The van der Waals surface area contributed by atoms with E-state index in [1.54, 1.807) is 38.2 Å². The van der Waals surface area contributed by atoms with Crippen molar-refractivity contribution in [1.82, 2.24) is 15.2 Å². The molecular weight excluding hydrogens is 414 g/mol. The van der Waals surface area contributed by atoms with Gasteiger partial charge >= 0.3 is 0 Å². The summed E-state index contributed by atoms with van der Waals surface area (Å²) >= 11 is 0. The number of nitrogens with one attached hydrogen (secondary N) is 1. The van der Waals surface area contributed by atoms with Crippen LogP contribution in [0.4, 0.5) is 0 Å². The average Bonchev–Trinajstić information content (AvgIpc) is 2.82. The molecule has 6 nitrogen and oxygen atoms in total. The molecule has 1 heterocycles. The van der Waals surface area contributed by atoms with E-state index in [0.29, 0.717) is 18.7 Å². The predicted molar refractivity (Wildman–Crippen MR) is 130 cm³/mol. The molecule has 1 amide bonds. The van der Waals surface area contributed by atoms with Crippen LogP contribution >= 0.6 is 0 Å². The van der Waals surface area contributed by atoms with Crippen LogP contribution in [0.2, 0.25) is 0 Å². The molecule has 33 heavy (non-hydrogen) atoms. The first-order chi connectivity index (χ1) is 15.7. The molecule has 0 aliphatic rings. The van der Waals surface area contributed by atoms with E-state index < -0.39 is 11.7 Å². The number of nitrogens with zero attached hydrogens (tertiary/aromatic N) is 2. The van der Waals surface area contributed by atoms with Gasteiger partial charge in [0, 0.05) is 43.7 Å². The molecule has 3 aromatic rings. The monoisotopic (exact) mass is 447 g/mol. The fourth-order valence-corrected chi connectivity index (χ4v) is 3.55. The third kappa shape index (κ3) is 7.22. The van der Waals surface area contributed by atoms with Gasteiger partial charge in [0.2, 0.25) is 0 Å². The molecule has 6 heteroatoms. The van der Waals surface area contributed by atoms with Gasteiger partial charge in [0.25, 0.3) is 5.91 Å². The number of hydrogen-bond acceptors (Lipinski definition) is 5. The van der Waals surface area contributed by atoms with Crippen molar-refractivity contribution < 1.29 is 15.0 Å². The molecule has 0 aliphatic heterocycles. The Morgan fingerprint density at radius 2 is 1.76 bits per heavy atom. The number of hydrogen-bond donors (Lipinski definition) is 3. The van der Waals surface area contributed by atoms with Crippen molar-refractivity contribution in [3.63, 3.8) is 0 Å². The van der Waals surface area contributed by atoms with Crippen molar-refractivity contribution >= 4 is 5.91 Å². The van der Waals surface area contributed by atoms with Crippen molar-refractivity contribution in [1.29, 1.82) is 0 Å². The van der Waals surface area contributed by atoms with Gasteiger partial charge in [-0.2, -0.15) is 0 Å². The second-order valence-corrected chi connectivity index (χ2v) is 8.88. The Bertz CT molecular complexity index is 1030. The van der Waals surface area contributed by atoms with E-state index in [1.165, 1.54) is 0 Å². The molecule has 0 saturated carbocycles. The number of rotatable bonds is 10. The summed E-state index contributed by atoms with van der Waals surface area (Å²) in [6.45, 7) is 5.07. The molecule has 0 radical (unpaired) electrons. The van der Waals surface area contributed by atoms with Gasteiger partial charge in [-0.15, -0.1) is 0 Å². The van der Waals surface area contributed by atoms with Gasteiger partial charge in [-0.05, 0) is 61.7 Å².